The van der Waals surface area contributed by atoms with E-state index in [4.69, 9.17) is 10.5 Å². The zero-order valence-corrected chi connectivity index (χ0v) is 17.7. The molecule has 0 spiro atoms. The van der Waals surface area contributed by atoms with E-state index in [9.17, 15) is 13.2 Å². The van der Waals surface area contributed by atoms with Crippen LogP contribution in [0.4, 0.5) is 5.69 Å². The molecule has 0 aliphatic carbocycles. The quantitative estimate of drug-likeness (QED) is 0.507. The van der Waals surface area contributed by atoms with Gasteiger partial charge in [0.2, 0.25) is 0 Å². The molecule has 0 aromatic heterocycles. The number of ether oxygens (including phenoxy) is 1. The summed E-state index contributed by atoms with van der Waals surface area (Å²) in [5.74, 6) is 0.427. The van der Waals surface area contributed by atoms with Crippen molar-refractivity contribution >= 4 is 21.4 Å². The predicted octanol–water partition coefficient (Wildman–Crippen LogP) is 4.02. The molecule has 1 amide bonds. The number of nitrogens with two attached hydrogens (primary N) is 1. The van der Waals surface area contributed by atoms with E-state index in [2.05, 4.69) is 12.2 Å². The number of anilines is 1. The number of carbonyl (C=O) groups excluding carboxylic acids is 1. The number of sulfone groups is 1. The third-order valence-corrected chi connectivity index (χ3v) is 6.29. The van der Waals surface area contributed by atoms with Gasteiger partial charge >= 0.3 is 0 Å². The number of unbranched alkanes of at least 4 members (excludes halogenated alkanes) is 4. The van der Waals surface area contributed by atoms with Crippen LogP contribution in [0.5, 0.6) is 5.75 Å². The van der Waals surface area contributed by atoms with Gasteiger partial charge in [0.25, 0.3) is 5.91 Å². The zero-order chi connectivity index (χ0) is 21.1. The van der Waals surface area contributed by atoms with E-state index < -0.39 is 9.84 Å². The fourth-order valence-corrected chi connectivity index (χ4v) is 4.24. The van der Waals surface area contributed by atoms with Crippen molar-refractivity contribution in [2.45, 2.75) is 43.9 Å². The minimum absolute atomic E-state index is 0.151. The molecular formula is C22H30N2O4S. The van der Waals surface area contributed by atoms with Crippen molar-refractivity contribution < 1.29 is 17.9 Å². The molecule has 0 fully saturated rings. The third-order valence-electron chi connectivity index (χ3n) is 4.47. The normalized spacial score (nSPS) is 11.2. The number of benzene rings is 2. The maximum atomic E-state index is 12.4. The summed E-state index contributed by atoms with van der Waals surface area (Å²) >= 11 is 0. The molecule has 3 N–H and O–H groups in total. The van der Waals surface area contributed by atoms with Crippen LogP contribution in [-0.4, -0.2) is 33.2 Å². The lowest BCUT2D eigenvalue weighted by Crippen LogP contribution is -2.13. The average Bonchev–Trinajstić information content (AvgIpc) is 2.72. The summed E-state index contributed by atoms with van der Waals surface area (Å²) in [6.07, 6.45) is 4.93. The molecule has 0 atom stereocenters. The Balaban J connectivity index is 1.95. The summed E-state index contributed by atoms with van der Waals surface area (Å²) in [4.78, 5) is 12.7. The molecule has 0 aliphatic rings. The highest BCUT2D eigenvalue weighted by atomic mass is 32.2. The van der Waals surface area contributed by atoms with Crippen LogP contribution in [0.25, 0.3) is 0 Å². The maximum absolute atomic E-state index is 12.4. The van der Waals surface area contributed by atoms with Gasteiger partial charge in [-0.3, -0.25) is 4.79 Å². The number of nitrogens with one attached hydrogen (secondary N) is 1. The molecule has 0 bridgehead atoms. The summed E-state index contributed by atoms with van der Waals surface area (Å²) < 4.78 is 30.3. The summed E-state index contributed by atoms with van der Waals surface area (Å²) in [7, 11) is -3.30. The molecule has 7 heteroatoms. The second-order valence-corrected chi connectivity index (χ2v) is 8.99. The number of rotatable bonds is 12. The Morgan fingerprint density at radius 1 is 1.03 bits per heavy atom. The summed E-state index contributed by atoms with van der Waals surface area (Å²) in [6.45, 7) is 2.90. The van der Waals surface area contributed by atoms with Crippen LogP contribution in [0, 0.1) is 0 Å². The minimum atomic E-state index is -3.30. The molecule has 0 radical (unpaired) electrons. The van der Waals surface area contributed by atoms with E-state index in [-0.39, 0.29) is 16.6 Å². The van der Waals surface area contributed by atoms with E-state index in [0.717, 1.165) is 25.7 Å². The molecule has 0 saturated carbocycles. The van der Waals surface area contributed by atoms with Crippen molar-refractivity contribution in [3.63, 3.8) is 0 Å². The third kappa shape index (κ3) is 7.51. The Labute approximate surface area is 173 Å². The first kappa shape index (κ1) is 22.9. The molecule has 0 saturated heterocycles. The van der Waals surface area contributed by atoms with Gasteiger partial charge in [0.15, 0.2) is 9.84 Å². The number of hydrogen-bond acceptors (Lipinski definition) is 5. The monoisotopic (exact) mass is 418 g/mol. The molecule has 6 nitrogen and oxygen atoms in total. The van der Waals surface area contributed by atoms with Crippen LogP contribution in [0.15, 0.2) is 53.4 Å². The second-order valence-electron chi connectivity index (χ2n) is 6.88. The lowest BCUT2D eigenvalue weighted by Gasteiger charge is -2.09. The van der Waals surface area contributed by atoms with Crippen LogP contribution >= 0.6 is 0 Å². The zero-order valence-electron chi connectivity index (χ0n) is 16.9. The van der Waals surface area contributed by atoms with Crippen molar-refractivity contribution in [3.05, 3.63) is 54.1 Å². The van der Waals surface area contributed by atoms with Crippen molar-refractivity contribution in [2.24, 2.45) is 5.73 Å². The predicted molar refractivity (Wildman–Crippen MR) is 116 cm³/mol. The average molecular weight is 419 g/mol. The Morgan fingerprint density at radius 3 is 2.45 bits per heavy atom. The minimum Gasteiger partial charge on any atom is -0.492 e. The Hall–Kier alpha value is -2.38. The first-order valence-corrected chi connectivity index (χ1v) is 11.7. The molecule has 0 unspecified atom stereocenters. The van der Waals surface area contributed by atoms with Crippen molar-refractivity contribution in [3.8, 4) is 5.75 Å². The molecule has 2 aromatic carbocycles. The molecule has 2 rings (SSSR count). The van der Waals surface area contributed by atoms with E-state index in [1.807, 2.05) is 0 Å². The maximum Gasteiger partial charge on any atom is 0.255 e. The van der Waals surface area contributed by atoms with Crippen LogP contribution in [0.2, 0.25) is 0 Å². The highest BCUT2D eigenvalue weighted by molar-refractivity contribution is 7.91. The van der Waals surface area contributed by atoms with Gasteiger partial charge in [-0.2, -0.15) is 0 Å². The SMILES string of the molecule is CCCCCCCS(=O)(=O)c1ccc(NC(=O)c2cccc(OCCN)c2)cc1. The van der Waals surface area contributed by atoms with E-state index in [0.29, 0.717) is 36.6 Å². The van der Waals surface area contributed by atoms with Gasteiger partial charge in [0, 0.05) is 17.8 Å². The first-order chi connectivity index (χ1) is 14.0. The van der Waals surface area contributed by atoms with Crippen molar-refractivity contribution in [1.82, 2.24) is 0 Å². The topological polar surface area (TPSA) is 98.5 Å². The van der Waals surface area contributed by atoms with Crippen molar-refractivity contribution in [1.29, 1.82) is 0 Å². The number of amides is 1. The second kappa shape index (κ2) is 11.6. The van der Waals surface area contributed by atoms with Gasteiger partial charge in [-0.1, -0.05) is 38.7 Å². The van der Waals surface area contributed by atoms with Crippen molar-refractivity contribution in [2.75, 3.05) is 24.2 Å². The molecule has 2 aromatic rings. The highest BCUT2D eigenvalue weighted by Gasteiger charge is 2.14. The molecular weight excluding hydrogens is 388 g/mol. The Morgan fingerprint density at radius 2 is 1.76 bits per heavy atom. The largest absolute Gasteiger partial charge is 0.492 e. The summed E-state index contributed by atoms with van der Waals surface area (Å²) in [6, 6.07) is 13.1. The van der Waals surface area contributed by atoms with Gasteiger partial charge < -0.3 is 15.8 Å². The van der Waals surface area contributed by atoms with Gasteiger partial charge in [-0.25, -0.2) is 8.42 Å². The number of hydrogen-bond donors (Lipinski definition) is 2. The fourth-order valence-electron chi connectivity index (χ4n) is 2.87. The van der Waals surface area contributed by atoms with Gasteiger partial charge in [-0.05, 0) is 48.9 Å². The fraction of sp³-hybridized carbons (Fsp3) is 0.409. The smallest absolute Gasteiger partial charge is 0.255 e. The van der Waals surface area contributed by atoms with Crippen LogP contribution in [0.1, 0.15) is 49.4 Å². The summed E-state index contributed by atoms with van der Waals surface area (Å²) in [5.41, 5.74) is 6.40. The van der Waals surface area contributed by atoms with E-state index in [1.54, 1.807) is 36.4 Å². The van der Waals surface area contributed by atoms with E-state index >= 15 is 0 Å². The highest BCUT2D eigenvalue weighted by Crippen LogP contribution is 2.19. The summed E-state index contributed by atoms with van der Waals surface area (Å²) in [5, 5.41) is 2.77. The van der Waals surface area contributed by atoms with Crippen LogP contribution in [-0.2, 0) is 9.84 Å². The Bertz CT molecular complexity index is 880. The van der Waals surface area contributed by atoms with Gasteiger partial charge in [0.05, 0.1) is 10.6 Å². The lowest BCUT2D eigenvalue weighted by atomic mass is 10.2. The molecule has 0 heterocycles. The first-order valence-electron chi connectivity index (χ1n) is 10.0. The lowest BCUT2D eigenvalue weighted by molar-refractivity contribution is 0.102. The van der Waals surface area contributed by atoms with Crippen LogP contribution < -0.4 is 15.8 Å². The van der Waals surface area contributed by atoms with E-state index in [1.165, 1.54) is 12.1 Å². The molecule has 29 heavy (non-hydrogen) atoms. The Kier molecular flexibility index (Phi) is 9.15. The standard InChI is InChI=1S/C22H30N2O4S/c1-2-3-4-5-6-16-29(26,27)21-12-10-19(11-13-21)24-22(25)18-8-7-9-20(17-18)28-15-14-23/h7-13,17H,2-6,14-16,23H2,1H3,(H,24,25). The molecule has 0 aliphatic heterocycles. The number of carbonyl (C=O) groups is 1. The van der Waals surface area contributed by atoms with Crippen LogP contribution in [0.3, 0.4) is 0 Å². The van der Waals surface area contributed by atoms with Gasteiger partial charge in [0.1, 0.15) is 12.4 Å². The van der Waals surface area contributed by atoms with Gasteiger partial charge in [-0.15, -0.1) is 0 Å². The molecule has 158 valence electrons.